The largest absolute Gasteiger partial charge is 0.393 e. The molecule has 0 saturated heterocycles. The Labute approximate surface area is 141 Å². The number of nitrogens with two attached hydrogens (primary N) is 1. The SMILES string of the molecule is C[C@@H]1C[C@@]2(C)[C@@H](CC[C@@H]3[C@@H]2CC[C@]2(C)[C@@H](O)CC[C@@H]32)CC1=NN. The third kappa shape index (κ3) is 2.08. The number of hydrogen-bond acceptors (Lipinski definition) is 3. The van der Waals surface area contributed by atoms with Crippen LogP contribution in [0.4, 0.5) is 0 Å². The van der Waals surface area contributed by atoms with Crippen LogP contribution in [0.15, 0.2) is 5.10 Å². The van der Waals surface area contributed by atoms with Crippen LogP contribution < -0.4 is 5.84 Å². The fourth-order valence-corrected chi connectivity index (χ4v) is 7.57. The van der Waals surface area contributed by atoms with Crippen molar-refractivity contribution in [2.75, 3.05) is 0 Å². The highest BCUT2D eigenvalue weighted by molar-refractivity contribution is 5.87. The lowest BCUT2D eigenvalue weighted by Crippen LogP contribution is -2.55. The number of rotatable bonds is 0. The zero-order chi connectivity index (χ0) is 16.4. The van der Waals surface area contributed by atoms with Gasteiger partial charge in [-0.05, 0) is 91.8 Å². The summed E-state index contributed by atoms with van der Waals surface area (Å²) in [6.07, 6.45) is 9.88. The van der Waals surface area contributed by atoms with Crippen LogP contribution in [0.1, 0.15) is 72.1 Å². The van der Waals surface area contributed by atoms with Gasteiger partial charge in [-0.2, -0.15) is 5.10 Å². The molecular weight excluding hydrogens is 284 g/mol. The molecule has 0 aliphatic heterocycles. The Bertz CT molecular complexity index is 518. The van der Waals surface area contributed by atoms with Crippen molar-refractivity contribution in [3.05, 3.63) is 0 Å². The molecule has 3 heteroatoms. The molecular formula is C20H34N2O. The van der Waals surface area contributed by atoms with Crippen LogP contribution in [-0.2, 0) is 0 Å². The van der Waals surface area contributed by atoms with Crippen molar-refractivity contribution in [2.24, 2.45) is 51.4 Å². The maximum atomic E-state index is 10.5. The first kappa shape index (κ1) is 15.9. The van der Waals surface area contributed by atoms with Gasteiger partial charge in [-0.25, -0.2) is 0 Å². The zero-order valence-electron chi connectivity index (χ0n) is 15.1. The fraction of sp³-hybridized carbons (Fsp3) is 0.950. The number of aliphatic hydroxyl groups is 1. The highest BCUT2D eigenvalue weighted by Crippen LogP contribution is 2.66. The van der Waals surface area contributed by atoms with Gasteiger partial charge in [-0.15, -0.1) is 0 Å². The highest BCUT2D eigenvalue weighted by Gasteiger charge is 2.60. The zero-order valence-corrected chi connectivity index (χ0v) is 15.1. The van der Waals surface area contributed by atoms with Crippen molar-refractivity contribution < 1.29 is 5.11 Å². The maximum Gasteiger partial charge on any atom is 0.0596 e. The molecule has 130 valence electrons. The monoisotopic (exact) mass is 318 g/mol. The molecule has 4 saturated carbocycles. The van der Waals surface area contributed by atoms with Crippen LogP contribution in [0.25, 0.3) is 0 Å². The lowest BCUT2D eigenvalue weighted by Gasteiger charge is -2.61. The number of hydrogen-bond donors (Lipinski definition) is 2. The molecule has 3 N–H and O–H groups in total. The molecule has 0 aromatic rings. The molecule has 4 rings (SSSR count). The van der Waals surface area contributed by atoms with Crippen molar-refractivity contribution in [2.45, 2.75) is 78.2 Å². The Kier molecular flexibility index (Phi) is 3.61. The summed E-state index contributed by atoms with van der Waals surface area (Å²) in [5.74, 6) is 9.43. The topological polar surface area (TPSA) is 58.6 Å². The van der Waals surface area contributed by atoms with Crippen LogP contribution in [0, 0.1) is 40.4 Å². The van der Waals surface area contributed by atoms with Gasteiger partial charge in [0.1, 0.15) is 0 Å². The molecule has 0 spiro atoms. The molecule has 0 heterocycles. The van der Waals surface area contributed by atoms with E-state index in [9.17, 15) is 5.11 Å². The lowest BCUT2D eigenvalue weighted by molar-refractivity contribution is -0.116. The third-order valence-corrected chi connectivity index (χ3v) is 8.95. The van der Waals surface area contributed by atoms with Gasteiger partial charge in [-0.3, -0.25) is 0 Å². The first-order valence-electron chi connectivity index (χ1n) is 9.85. The van der Waals surface area contributed by atoms with E-state index < -0.39 is 0 Å². The van der Waals surface area contributed by atoms with E-state index in [0.29, 0.717) is 11.3 Å². The minimum absolute atomic E-state index is 0.0553. The highest BCUT2D eigenvalue weighted by atomic mass is 16.3. The van der Waals surface area contributed by atoms with E-state index in [4.69, 9.17) is 5.84 Å². The molecule has 4 aliphatic rings. The van der Waals surface area contributed by atoms with E-state index in [1.807, 2.05) is 0 Å². The second kappa shape index (κ2) is 5.21. The van der Waals surface area contributed by atoms with Crippen LogP contribution in [0.3, 0.4) is 0 Å². The summed E-state index contributed by atoms with van der Waals surface area (Å²) in [4.78, 5) is 0. The van der Waals surface area contributed by atoms with Gasteiger partial charge in [0.2, 0.25) is 0 Å². The summed E-state index contributed by atoms with van der Waals surface area (Å²) >= 11 is 0. The molecule has 23 heavy (non-hydrogen) atoms. The Balaban J connectivity index is 1.63. The molecule has 4 aliphatic carbocycles. The van der Waals surface area contributed by atoms with Gasteiger partial charge in [0.25, 0.3) is 0 Å². The second-order valence-corrected chi connectivity index (χ2v) is 9.72. The third-order valence-electron chi connectivity index (χ3n) is 8.95. The molecule has 0 unspecified atom stereocenters. The van der Waals surface area contributed by atoms with E-state index in [1.54, 1.807) is 0 Å². The molecule has 0 aromatic carbocycles. The van der Waals surface area contributed by atoms with E-state index in [2.05, 4.69) is 25.9 Å². The van der Waals surface area contributed by atoms with Crippen LogP contribution >= 0.6 is 0 Å². The van der Waals surface area contributed by atoms with Gasteiger partial charge in [0.05, 0.1) is 6.10 Å². The average Bonchev–Trinajstić information content (AvgIpc) is 2.82. The summed E-state index contributed by atoms with van der Waals surface area (Å²) in [7, 11) is 0. The summed E-state index contributed by atoms with van der Waals surface area (Å²) in [5, 5.41) is 14.7. The van der Waals surface area contributed by atoms with Crippen molar-refractivity contribution in [3.8, 4) is 0 Å². The van der Waals surface area contributed by atoms with Crippen LogP contribution in [-0.4, -0.2) is 16.9 Å². The van der Waals surface area contributed by atoms with Gasteiger partial charge in [-0.1, -0.05) is 20.8 Å². The lowest BCUT2D eigenvalue weighted by atomic mass is 9.44. The Morgan fingerprint density at radius 2 is 1.78 bits per heavy atom. The first-order valence-corrected chi connectivity index (χ1v) is 9.85. The van der Waals surface area contributed by atoms with Crippen molar-refractivity contribution >= 4 is 5.71 Å². The van der Waals surface area contributed by atoms with Gasteiger partial charge in [0, 0.05) is 5.71 Å². The van der Waals surface area contributed by atoms with Gasteiger partial charge < -0.3 is 10.9 Å². The van der Waals surface area contributed by atoms with Crippen molar-refractivity contribution in [3.63, 3.8) is 0 Å². The normalized spacial score (nSPS) is 57.7. The predicted molar refractivity (Wildman–Crippen MR) is 93.9 cm³/mol. The average molecular weight is 319 g/mol. The van der Waals surface area contributed by atoms with E-state index in [1.165, 1.54) is 44.2 Å². The van der Waals surface area contributed by atoms with Crippen LogP contribution in [0.5, 0.6) is 0 Å². The smallest absolute Gasteiger partial charge is 0.0596 e. The summed E-state index contributed by atoms with van der Waals surface area (Å²) in [6, 6.07) is 0. The standard InChI is InChI=1S/C20H34N2O/c1-12-11-20(3)13(10-17(12)22-21)4-5-14-15-6-7-18(23)19(15,2)9-8-16(14)20/h12-16,18,23H,4-11,21H2,1-3H3/t12-,13+,14+,15+,16+,18+,19+,20+/m1/s1. The molecule has 3 nitrogen and oxygen atoms in total. The van der Waals surface area contributed by atoms with E-state index in [0.717, 1.165) is 36.5 Å². The quantitative estimate of drug-likeness (QED) is 0.525. The molecule has 8 atom stereocenters. The van der Waals surface area contributed by atoms with Crippen molar-refractivity contribution in [1.82, 2.24) is 0 Å². The summed E-state index contributed by atoms with van der Waals surface area (Å²) < 4.78 is 0. The molecule has 0 amide bonds. The number of hydrazone groups is 1. The van der Waals surface area contributed by atoms with Crippen molar-refractivity contribution in [1.29, 1.82) is 0 Å². The molecule has 0 aromatic heterocycles. The maximum absolute atomic E-state index is 10.5. The van der Waals surface area contributed by atoms with E-state index >= 15 is 0 Å². The minimum atomic E-state index is -0.0553. The van der Waals surface area contributed by atoms with Crippen LogP contribution in [0.2, 0.25) is 0 Å². The molecule has 0 radical (unpaired) electrons. The minimum Gasteiger partial charge on any atom is -0.393 e. The summed E-state index contributed by atoms with van der Waals surface area (Å²) in [5.41, 5.74) is 1.92. The van der Waals surface area contributed by atoms with E-state index in [-0.39, 0.29) is 11.5 Å². The fourth-order valence-electron chi connectivity index (χ4n) is 7.57. The Morgan fingerprint density at radius 3 is 2.52 bits per heavy atom. The number of nitrogens with zero attached hydrogens (tertiary/aromatic N) is 1. The predicted octanol–water partition coefficient (Wildman–Crippen LogP) is 3.95. The first-order chi connectivity index (χ1) is 10.9. The Hall–Kier alpha value is -0.570. The number of fused-ring (bicyclic) bond motifs is 5. The van der Waals surface area contributed by atoms with Gasteiger partial charge >= 0.3 is 0 Å². The van der Waals surface area contributed by atoms with Gasteiger partial charge in [0.15, 0.2) is 0 Å². The molecule has 0 bridgehead atoms. The molecule has 4 fully saturated rings. The summed E-state index contributed by atoms with van der Waals surface area (Å²) in [6.45, 7) is 7.28. The number of aliphatic hydroxyl groups excluding tert-OH is 1. The Morgan fingerprint density at radius 1 is 1.04 bits per heavy atom. The second-order valence-electron chi connectivity index (χ2n) is 9.72.